The van der Waals surface area contributed by atoms with Crippen molar-refractivity contribution in [1.29, 1.82) is 0 Å². The summed E-state index contributed by atoms with van der Waals surface area (Å²) in [6.07, 6.45) is 5.05. The van der Waals surface area contributed by atoms with Crippen molar-refractivity contribution in [3.63, 3.8) is 0 Å². The molecule has 0 saturated heterocycles. The van der Waals surface area contributed by atoms with Crippen LogP contribution in [0.2, 0.25) is 0 Å². The lowest BCUT2D eigenvalue weighted by Gasteiger charge is -2.34. The zero-order chi connectivity index (χ0) is 13.4. The Labute approximate surface area is 116 Å². The molecule has 0 bridgehead atoms. The minimum Gasteiger partial charge on any atom is -0.324 e. The van der Waals surface area contributed by atoms with Crippen molar-refractivity contribution in [2.75, 3.05) is 0 Å². The molecule has 0 heterocycles. The van der Waals surface area contributed by atoms with Crippen molar-refractivity contribution >= 4 is 0 Å². The molecule has 0 radical (unpaired) electrons. The molecule has 0 aliphatic heterocycles. The van der Waals surface area contributed by atoms with Gasteiger partial charge in [0.1, 0.15) is 0 Å². The smallest absolute Gasteiger partial charge is 0.0344 e. The van der Waals surface area contributed by atoms with Crippen molar-refractivity contribution in [2.24, 2.45) is 17.6 Å². The molecule has 0 spiro atoms. The fourth-order valence-electron chi connectivity index (χ4n) is 3.82. The van der Waals surface area contributed by atoms with Gasteiger partial charge in [-0.2, -0.15) is 0 Å². The van der Waals surface area contributed by atoms with Crippen molar-refractivity contribution in [3.05, 3.63) is 35.4 Å². The van der Waals surface area contributed by atoms with Crippen LogP contribution >= 0.6 is 0 Å². The van der Waals surface area contributed by atoms with Gasteiger partial charge >= 0.3 is 0 Å². The summed E-state index contributed by atoms with van der Waals surface area (Å²) < 4.78 is 0. The normalized spacial score (nSPS) is 38.2. The maximum atomic E-state index is 6.25. The Bertz CT molecular complexity index is 443. The lowest BCUT2D eigenvalue weighted by atomic mass is 9.79. The van der Waals surface area contributed by atoms with Crippen LogP contribution in [-0.4, -0.2) is 6.04 Å². The first-order valence-corrected chi connectivity index (χ1v) is 7.75. The molecule has 2 nitrogen and oxygen atoms in total. The maximum Gasteiger partial charge on any atom is 0.0344 e. The SMILES string of the molecule is CC1CCC(NC2CC(N)c3ccccc32)CC1C. The van der Waals surface area contributed by atoms with Gasteiger partial charge in [0.2, 0.25) is 0 Å². The van der Waals surface area contributed by atoms with Gasteiger partial charge in [-0.25, -0.2) is 0 Å². The predicted molar refractivity (Wildman–Crippen MR) is 79.8 cm³/mol. The van der Waals surface area contributed by atoms with E-state index >= 15 is 0 Å². The van der Waals surface area contributed by atoms with Gasteiger partial charge in [0.25, 0.3) is 0 Å². The molecule has 2 heteroatoms. The van der Waals surface area contributed by atoms with Gasteiger partial charge in [0.15, 0.2) is 0 Å². The van der Waals surface area contributed by atoms with Crippen LogP contribution in [0, 0.1) is 11.8 Å². The standard InChI is InChI=1S/C17H26N2/c1-11-7-8-13(9-12(11)2)19-17-10-16(18)14-5-3-4-6-15(14)17/h3-6,11-13,16-17,19H,7-10,18H2,1-2H3. The highest BCUT2D eigenvalue weighted by molar-refractivity contribution is 5.37. The summed E-state index contributed by atoms with van der Waals surface area (Å²) in [7, 11) is 0. The fraction of sp³-hybridized carbons (Fsp3) is 0.647. The van der Waals surface area contributed by atoms with E-state index in [1.807, 2.05) is 0 Å². The van der Waals surface area contributed by atoms with E-state index in [9.17, 15) is 0 Å². The predicted octanol–water partition coefficient (Wildman–Crippen LogP) is 3.55. The fourth-order valence-corrected chi connectivity index (χ4v) is 3.82. The number of nitrogens with two attached hydrogens (primary N) is 1. The van der Waals surface area contributed by atoms with Gasteiger partial charge in [-0.1, -0.05) is 38.1 Å². The number of nitrogens with one attached hydrogen (secondary N) is 1. The quantitative estimate of drug-likeness (QED) is 0.851. The van der Waals surface area contributed by atoms with Crippen molar-refractivity contribution in [2.45, 2.75) is 57.7 Å². The van der Waals surface area contributed by atoms with Crippen molar-refractivity contribution < 1.29 is 0 Å². The van der Waals surface area contributed by atoms with Gasteiger partial charge in [-0.15, -0.1) is 0 Å². The molecule has 104 valence electrons. The second kappa shape index (κ2) is 5.26. The van der Waals surface area contributed by atoms with E-state index < -0.39 is 0 Å². The van der Waals surface area contributed by atoms with E-state index in [-0.39, 0.29) is 6.04 Å². The average Bonchev–Trinajstić information content (AvgIpc) is 2.72. The van der Waals surface area contributed by atoms with E-state index in [1.54, 1.807) is 0 Å². The summed E-state index contributed by atoms with van der Waals surface area (Å²) in [5.41, 5.74) is 9.03. The Morgan fingerprint density at radius 2 is 1.74 bits per heavy atom. The monoisotopic (exact) mass is 258 g/mol. The Hall–Kier alpha value is -0.860. The van der Waals surface area contributed by atoms with Crippen LogP contribution in [0.3, 0.4) is 0 Å². The summed E-state index contributed by atoms with van der Waals surface area (Å²) in [5, 5.41) is 3.88. The zero-order valence-corrected chi connectivity index (χ0v) is 12.1. The molecule has 5 atom stereocenters. The highest BCUT2D eigenvalue weighted by Crippen LogP contribution is 2.39. The minimum atomic E-state index is 0.216. The first kappa shape index (κ1) is 13.1. The van der Waals surface area contributed by atoms with Crippen LogP contribution in [0.25, 0.3) is 0 Å². The molecule has 1 fully saturated rings. The highest BCUT2D eigenvalue weighted by Gasteiger charge is 2.32. The number of rotatable bonds is 2. The number of benzene rings is 1. The minimum absolute atomic E-state index is 0.216. The van der Waals surface area contributed by atoms with Crippen LogP contribution in [0.5, 0.6) is 0 Å². The topological polar surface area (TPSA) is 38.0 Å². The van der Waals surface area contributed by atoms with Gasteiger partial charge < -0.3 is 11.1 Å². The molecule has 1 saturated carbocycles. The van der Waals surface area contributed by atoms with Crippen LogP contribution in [-0.2, 0) is 0 Å². The maximum absolute atomic E-state index is 6.25. The Kier molecular flexibility index (Phi) is 3.64. The second-order valence-corrected chi connectivity index (χ2v) is 6.65. The van der Waals surface area contributed by atoms with E-state index in [0.717, 1.165) is 18.3 Å². The van der Waals surface area contributed by atoms with Crippen LogP contribution < -0.4 is 11.1 Å². The van der Waals surface area contributed by atoms with E-state index in [4.69, 9.17) is 5.73 Å². The third-order valence-corrected chi connectivity index (χ3v) is 5.30. The third kappa shape index (κ3) is 2.56. The Balaban J connectivity index is 1.69. The van der Waals surface area contributed by atoms with Crippen molar-refractivity contribution in [1.82, 2.24) is 5.32 Å². The lowest BCUT2D eigenvalue weighted by molar-refractivity contribution is 0.214. The highest BCUT2D eigenvalue weighted by atomic mass is 15.0. The molecule has 1 aromatic rings. The number of hydrogen-bond donors (Lipinski definition) is 2. The molecule has 1 aromatic carbocycles. The van der Waals surface area contributed by atoms with Crippen LogP contribution in [0.1, 0.15) is 62.7 Å². The molecule has 3 rings (SSSR count). The van der Waals surface area contributed by atoms with Gasteiger partial charge in [-0.3, -0.25) is 0 Å². The zero-order valence-electron chi connectivity index (χ0n) is 12.1. The molecule has 0 aromatic heterocycles. The second-order valence-electron chi connectivity index (χ2n) is 6.65. The van der Waals surface area contributed by atoms with E-state index in [2.05, 4.69) is 43.4 Å². The molecule has 0 amide bonds. The Morgan fingerprint density at radius 3 is 2.47 bits per heavy atom. The average molecular weight is 258 g/mol. The van der Waals surface area contributed by atoms with E-state index in [0.29, 0.717) is 12.1 Å². The molecular formula is C17H26N2. The van der Waals surface area contributed by atoms with Gasteiger partial charge in [-0.05, 0) is 48.6 Å². The third-order valence-electron chi connectivity index (χ3n) is 5.30. The van der Waals surface area contributed by atoms with Gasteiger partial charge in [0, 0.05) is 18.1 Å². The largest absolute Gasteiger partial charge is 0.324 e. The first-order valence-electron chi connectivity index (χ1n) is 7.75. The molecule has 2 aliphatic rings. The van der Waals surface area contributed by atoms with Crippen LogP contribution in [0.15, 0.2) is 24.3 Å². The Morgan fingerprint density at radius 1 is 1.00 bits per heavy atom. The first-order chi connectivity index (χ1) is 9.15. The summed E-state index contributed by atoms with van der Waals surface area (Å²) in [6.45, 7) is 4.79. The molecule has 5 unspecified atom stereocenters. The number of hydrogen-bond acceptors (Lipinski definition) is 2. The summed E-state index contributed by atoms with van der Waals surface area (Å²) >= 11 is 0. The molecule has 3 N–H and O–H groups in total. The lowest BCUT2D eigenvalue weighted by Crippen LogP contribution is -2.38. The molecule has 2 aliphatic carbocycles. The summed E-state index contributed by atoms with van der Waals surface area (Å²) in [5.74, 6) is 1.73. The van der Waals surface area contributed by atoms with Crippen LogP contribution in [0.4, 0.5) is 0 Å². The molecular weight excluding hydrogens is 232 g/mol. The van der Waals surface area contributed by atoms with Gasteiger partial charge in [0.05, 0.1) is 0 Å². The van der Waals surface area contributed by atoms with E-state index in [1.165, 1.54) is 30.4 Å². The number of fused-ring (bicyclic) bond motifs is 1. The van der Waals surface area contributed by atoms with Crippen molar-refractivity contribution in [3.8, 4) is 0 Å². The summed E-state index contributed by atoms with van der Waals surface area (Å²) in [6, 6.07) is 10.0. The molecule has 19 heavy (non-hydrogen) atoms. The summed E-state index contributed by atoms with van der Waals surface area (Å²) in [4.78, 5) is 0.